The molecule has 4 heteroatoms. The Hall–Kier alpha value is -2.36. The van der Waals surface area contributed by atoms with E-state index < -0.39 is 0 Å². The number of aromatic nitrogens is 1. The van der Waals surface area contributed by atoms with Crippen molar-refractivity contribution in [2.75, 3.05) is 17.6 Å². The molecule has 0 spiro atoms. The number of hydrogen-bond acceptors (Lipinski definition) is 4. The highest BCUT2D eigenvalue weighted by Crippen LogP contribution is 2.18. The quantitative estimate of drug-likeness (QED) is 0.636. The van der Waals surface area contributed by atoms with E-state index in [1.54, 1.807) is 24.5 Å². The van der Waals surface area contributed by atoms with Crippen LogP contribution in [0.1, 0.15) is 22.8 Å². The van der Waals surface area contributed by atoms with Crippen LogP contribution in [0.3, 0.4) is 0 Å². The Labute approximate surface area is 112 Å². The van der Waals surface area contributed by atoms with E-state index in [9.17, 15) is 4.79 Å². The van der Waals surface area contributed by atoms with Crippen LogP contribution in [-0.2, 0) is 6.42 Å². The van der Waals surface area contributed by atoms with Crippen LogP contribution in [0.5, 0.6) is 0 Å². The number of hydrogen-bond donors (Lipinski definition) is 2. The molecule has 19 heavy (non-hydrogen) atoms. The van der Waals surface area contributed by atoms with E-state index >= 15 is 0 Å². The number of rotatable bonds is 5. The molecule has 0 bridgehead atoms. The average molecular weight is 255 g/mol. The third kappa shape index (κ3) is 3.55. The zero-order valence-electron chi connectivity index (χ0n) is 10.9. The van der Waals surface area contributed by atoms with E-state index in [0.717, 1.165) is 18.7 Å². The third-order valence-electron chi connectivity index (χ3n) is 2.92. The maximum atomic E-state index is 11.3. The van der Waals surface area contributed by atoms with Gasteiger partial charge in [-0.2, -0.15) is 0 Å². The number of carbonyl (C=O) groups excluding carboxylic acids is 1. The Balaban J connectivity index is 1.93. The number of Topliss-reactive ketones (excluding diaryl/α,β-unsaturated/α-hetero) is 1. The molecule has 0 radical (unpaired) electrons. The minimum absolute atomic E-state index is 0.0131. The topological polar surface area (TPSA) is 68.0 Å². The number of benzene rings is 1. The first-order valence-corrected chi connectivity index (χ1v) is 6.20. The van der Waals surface area contributed by atoms with Gasteiger partial charge in [0.05, 0.1) is 0 Å². The molecule has 0 saturated heterocycles. The summed E-state index contributed by atoms with van der Waals surface area (Å²) in [7, 11) is 0. The lowest BCUT2D eigenvalue weighted by atomic mass is 10.1. The Morgan fingerprint density at radius 2 is 2.00 bits per heavy atom. The van der Waals surface area contributed by atoms with Crippen molar-refractivity contribution in [1.29, 1.82) is 0 Å². The molecular formula is C15H17N3O. The minimum Gasteiger partial charge on any atom is -0.398 e. The second kappa shape index (κ2) is 6.00. The first-order chi connectivity index (χ1) is 9.16. The van der Waals surface area contributed by atoms with Gasteiger partial charge in [-0.15, -0.1) is 0 Å². The van der Waals surface area contributed by atoms with Crippen LogP contribution in [0.2, 0.25) is 0 Å². The summed E-state index contributed by atoms with van der Waals surface area (Å²) in [5.41, 5.74) is 9.08. The molecule has 0 amide bonds. The molecule has 0 aliphatic rings. The normalized spacial score (nSPS) is 10.2. The maximum absolute atomic E-state index is 11.3. The van der Waals surface area contributed by atoms with Crippen LogP contribution in [0.4, 0.5) is 11.4 Å². The molecule has 0 unspecified atom stereocenters. The van der Waals surface area contributed by atoms with Crippen molar-refractivity contribution in [2.45, 2.75) is 13.3 Å². The van der Waals surface area contributed by atoms with E-state index in [4.69, 9.17) is 5.73 Å². The summed E-state index contributed by atoms with van der Waals surface area (Å²) in [6.45, 7) is 2.32. The SMILES string of the molecule is CC(=O)c1ccc(NCCc2ccncc2)cc1N. The van der Waals surface area contributed by atoms with Crippen LogP contribution < -0.4 is 11.1 Å². The number of pyridine rings is 1. The lowest BCUT2D eigenvalue weighted by molar-refractivity contribution is 0.101. The predicted octanol–water partition coefficient (Wildman–Crippen LogP) is 2.52. The zero-order chi connectivity index (χ0) is 13.7. The molecule has 4 nitrogen and oxygen atoms in total. The molecule has 0 atom stereocenters. The predicted molar refractivity (Wildman–Crippen MR) is 77.3 cm³/mol. The number of nitrogens with two attached hydrogens (primary N) is 1. The van der Waals surface area contributed by atoms with E-state index in [1.807, 2.05) is 18.2 Å². The standard InChI is InChI=1S/C15H17N3O/c1-11(19)14-3-2-13(10-15(14)16)18-9-6-12-4-7-17-8-5-12/h2-5,7-8,10,18H,6,9,16H2,1H3. The van der Waals surface area contributed by atoms with Gasteiger partial charge < -0.3 is 11.1 Å². The third-order valence-corrected chi connectivity index (χ3v) is 2.92. The highest BCUT2D eigenvalue weighted by atomic mass is 16.1. The minimum atomic E-state index is -0.0131. The van der Waals surface area contributed by atoms with Crippen molar-refractivity contribution in [3.63, 3.8) is 0 Å². The van der Waals surface area contributed by atoms with Crippen molar-refractivity contribution in [2.24, 2.45) is 0 Å². The van der Waals surface area contributed by atoms with Crippen LogP contribution in [-0.4, -0.2) is 17.3 Å². The number of carbonyl (C=O) groups is 1. The van der Waals surface area contributed by atoms with Crippen molar-refractivity contribution in [1.82, 2.24) is 4.98 Å². The number of ketones is 1. The second-order valence-corrected chi connectivity index (χ2v) is 4.39. The molecule has 2 aromatic rings. The van der Waals surface area contributed by atoms with Crippen LogP contribution >= 0.6 is 0 Å². The molecule has 1 aromatic heterocycles. The first kappa shape index (κ1) is 13.1. The Bertz CT molecular complexity index is 567. The van der Waals surface area contributed by atoms with Gasteiger partial charge >= 0.3 is 0 Å². The molecule has 98 valence electrons. The smallest absolute Gasteiger partial charge is 0.161 e. The second-order valence-electron chi connectivity index (χ2n) is 4.39. The van der Waals surface area contributed by atoms with Crippen LogP contribution in [0.15, 0.2) is 42.7 Å². The maximum Gasteiger partial charge on any atom is 0.161 e. The summed E-state index contributed by atoms with van der Waals surface area (Å²) in [6.07, 6.45) is 4.49. The summed E-state index contributed by atoms with van der Waals surface area (Å²) >= 11 is 0. The van der Waals surface area contributed by atoms with Crippen molar-refractivity contribution < 1.29 is 4.79 Å². The molecule has 0 fully saturated rings. The van der Waals surface area contributed by atoms with E-state index in [0.29, 0.717) is 11.3 Å². The first-order valence-electron chi connectivity index (χ1n) is 6.20. The highest BCUT2D eigenvalue weighted by molar-refractivity contribution is 5.99. The van der Waals surface area contributed by atoms with Crippen molar-refractivity contribution in [3.8, 4) is 0 Å². The summed E-state index contributed by atoms with van der Waals surface area (Å²) < 4.78 is 0. The summed E-state index contributed by atoms with van der Waals surface area (Å²) in [4.78, 5) is 15.3. The molecular weight excluding hydrogens is 238 g/mol. The van der Waals surface area contributed by atoms with E-state index in [-0.39, 0.29) is 5.78 Å². The van der Waals surface area contributed by atoms with Gasteiger partial charge in [0.1, 0.15) is 0 Å². The molecule has 1 heterocycles. The van der Waals surface area contributed by atoms with Gasteiger partial charge in [-0.3, -0.25) is 9.78 Å². The number of nitrogens with one attached hydrogen (secondary N) is 1. The van der Waals surface area contributed by atoms with Crippen LogP contribution in [0.25, 0.3) is 0 Å². The van der Waals surface area contributed by atoms with E-state index in [2.05, 4.69) is 10.3 Å². The Morgan fingerprint density at radius 3 is 2.63 bits per heavy atom. The molecule has 0 saturated carbocycles. The summed E-state index contributed by atoms with van der Waals surface area (Å²) in [5, 5.41) is 3.29. The Kier molecular flexibility index (Phi) is 4.13. The van der Waals surface area contributed by atoms with E-state index in [1.165, 1.54) is 12.5 Å². The molecule has 3 N–H and O–H groups in total. The summed E-state index contributed by atoms with van der Waals surface area (Å²) in [6, 6.07) is 9.42. The molecule has 1 aromatic carbocycles. The average Bonchev–Trinajstić information content (AvgIpc) is 2.39. The number of nitrogens with zero attached hydrogens (tertiary/aromatic N) is 1. The molecule has 0 aliphatic carbocycles. The fourth-order valence-corrected chi connectivity index (χ4v) is 1.89. The van der Waals surface area contributed by atoms with Crippen molar-refractivity contribution >= 4 is 17.2 Å². The van der Waals surface area contributed by atoms with Gasteiger partial charge in [0.15, 0.2) is 5.78 Å². The van der Waals surface area contributed by atoms with Crippen LogP contribution in [0, 0.1) is 0 Å². The van der Waals surface area contributed by atoms with Gasteiger partial charge in [0.2, 0.25) is 0 Å². The van der Waals surface area contributed by atoms with Gasteiger partial charge in [0, 0.05) is 35.9 Å². The zero-order valence-corrected chi connectivity index (χ0v) is 10.9. The molecule has 0 aliphatic heterocycles. The fraction of sp³-hybridized carbons (Fsp3) is 0.200. The number of anilines is 2. The van der Waals surface area contributed by atoms with Crippen molar-refractivity contribution in [3.05, 3.63) is 53.9 Å². The highest BCUT2D eigenvalue weighted by Gasteiger charge is 2.04. The lowest BCUT2D eigenvalue weighted by Gasteiger charge is -2.09. The lowest BCUT2D eigenvalue weighted by Crippen LogP contribution is -2.06. The Morgan fingerprint density at radius 1 is 1.26 bits per heavy atom. The monoisotopic (exact) mass is 255 g/mol. The van der Waals surface area contributed by atoms with Gasteiger partial charge in [0.25, 0.3) is 0 Å². The largest absolute Gasteiger partial charge is 0.398 e. The van der Waals surface area contributed by atoms with Gasteiger partial charge in [-0.1, -0.05) is 0 Å². The fourth-order valence-electron chi connectivity index (χ4n) is 1.89. The number of nitrogen functional groups attached to an aromatic ring is 1. The summed E-state index contributed by atoms with van der Waals surface area (Å²) in [5.74, 6) is -0.0131. The van der Waals surface area contributed by atoms with Gasteiger partial charge in [-0.25, -0.2) is 0 Å². The van der Waals surface area contributed by atoms with Gasteiger partial charge in [-0.05, 0) is 49.2 Å². The molecule has 2 rings (SSSR count).